The van der Waals surface area contributed by atoms with Crippen molar-refractivity contribution in [3.63, 3.8) is 0 Å². The molecule has 7 heteroatoms. The number of aryl methyl sites for hydroxylation is 2. The number of nitrogens with zero attached hydrogens (tertiary/aromatic N) is 3. The molecule has 3 aromatic rings. The first-order valence-corrected chi connectivity index (χ1v) is 9.00. The van der Waals surface area contributed by atoms with Gasteiger partial charge in [-0.15, -0.1) is 5.10 Å². The topological polar surface area (TPSA) is 86.1 Å². The molecular weight excluding hydrogens is 344 g/mol. The summed E-state index contributed by atoms with van der Waals surface area (Å²) in [5.74, 6) is -0.896. The number of fused-ring (bicyclic) bond motifs is 2. The average molecular weight is 364 g/mol. The number of carbonyl (C=O) groups is 2. The van der Waals surface area contributed by atoms with Crippen LogP contribution in [-0.4, -0.2) is 33.0 Å². The minimum atomic E-state index is -0.902. The Bertz CT molecular complexity index is 1010. The third kappa shape index (κ3) is 3.67. The van der Waals surface area contributed by atoms with Crippen LogP contribution < -0.4 is 5.32 Å². The van der Waals surface area contributed by atoms with Gasteiger partial charge in [-0.3, -0.25) is 9.59 Å². The zero-order chi connectivity index (χ0) is 18.8. The summed E-state index contributed by atoms with van der Waals surface area (Å²) in [6.07, 6.45) is 2.38. The summed E-state index contributed by atoms with van der Waals surface area (Å²) in [5, 5.41) is 10.8. The molecule has 1 N–H and O–H groups in total. The second-order valence-electron chi connectivity index (χ2n) is 6.69. The Kier molecular flexibility index (Phi) is 4.58. The zero-order valence-electron chi connectivity index (χ0n) is 15.0. The summed E-state index contributed by atoms with van der Waals surface area (Å²) < 4.78 is 6.72. The standard InChI is InChI=1S/C20H20N4O3/c1-13(20(26)21-16-10-9-14-5-4-6-15(14)11-16)27-19(25)12-24-18-8-3-2-7-17(18)22-23-24/h2-3,7-11,13H,4-6,12H2,1H3,(H,21,26). The van der Waals surface area contributed by atoms with Gasteiger partial charge in [0.1, 0.15) is 12.1 Å². The Hall–Kier alpha value is -3.22. The number of anilines is 1. The number of benzene rings is 2. The molecular formula is C20H20N4O3. The van der Waals surface area contributed by atoms with Gasteiger partial charge in [-0.1, -0.05) is 23.4 Å². The van der Waals surface area contributed by atoms with E-state index in [0.717, 1.165) is 30.5 Å². The summed E-state index contributed by atoms with van der Waals surface area (Å²) in [7, 11) is 0. The van der Waals surface area contributed by atoms with Crippen LogP contribution in [0.15, 0.2) is 42.5 Å². The molecule has 0 radical (unpaired) electrons. The molecule has 0 saturated heterocycles. The fraction of sp³-hybridized carbons (Fsp3) is 0.300. The van der Waals surface area contributed by atoms with E-state index in [9.17, 15) is 9.59 Å². The first-order chi connectivity index (χ1) is 13.1. The van der Waals surface area contributed by atoms with Crippen LogP contribution in [0.25, 0.3) is 11.0 Å². The van der Waals surface area contributed by atoms with Gasteiger partial charge >= 0.3 is 5.97 Å². The summed E-state index contributed by atoms with van der Waals surface area (Å²) in [6.45, 7) is 1.46. The van der Waals surface area contributed by atoms with E-state index in [1.54, 1.807) is 6.92 Å². The van der Waals surface area contributed by atoms with E-state index in [-0.39, 0.29) is 12.5 Å². The van der Waals surface area contributed by atoms with Crippen molar-refractivity contribution in [1.29, 1.82) is 0 Å². The third-order valence-electron chi connectivity index (χ3n) is 4.74. The average Bonchev–Trinajstić information content (AvgIpc) is 3.28. The highest BCUT2D eigenvalue weighted by Crippen LogP contribution is 2.25. The van der Waals surface area contributed by atoms with E-state index >= 15 is 0 Å². The molecule has 0 spiro atoms. The van der Waals surface area contributed by atoms with E-state index in [1.165, 1.54) is 15.8 Å². The molecule has 0 saturated carbocycles. The van der Waals surface area contributed by atoms with Crippen molar-refractivity contribution in [3.05, 3.63) is 53.6 Å². The maximum atomic E-state index is 12.3. The van der Waals surface area contributed by atoms with Crippen molar-refractivity contribution < 1.29 is 14.3 Å². The highest BCUT2D eigenvalue weighted by Gasteiger charge is 2.20. The number of hydrogen-bond acceptors (Lipinski definition) is 5. The predicted molar refractivity (Wildman–Crippen MR) is 100 cm³/mol. The highest BCUT2D eigenvalue weighted by molar-refractivity contribution is 5.95. The minimum absolute atomic E-state index is 0.100. The summed E-state index contributed by atoms with van der Waals surface area (Å²) in [4.78, 5) is 24.5. The van der Waals surface area contributed by atoms with E-state index in [2.05, 4.69) is 15.6 Å². The van der Waals surface area contributed by atoms with Crippen LogP contribution in [0.3, 0.4) is 0 Å². The molecule has 27 heavy (non-hydrogen) atoms. The monoisotopic (exact) mass is 364 g/mol. The predicted octanol–water partition coefficient (Wildman–Crippen LogP) is 2.49. The van der Waals surface area contributed by atoms with Gasteiger partial charge in [-0.25, -0.2) is 4.68 Å². The van der Waals surface area contributed by atoms with Crippen LogP contribution in [0.5, 0.6) is 0 Å². The zero-order valence-corrected chi connectivity index (χ0v) is 15.0. The lowest BCUT2D eigenvalue weighted by Gasteiger charge is -2.14. The van der Waals surface area contributed by atoms with Crippen LogP contribution in [0, 0.1) is 0 Å². The smallest absolute Gasteiger partial charge is 0.328 e. The molecule has 1 aromatic heterocycles. The van der Waals surface area contributed by atoms with Crippen molar-refractivity contribution in [1.82, 2.24) is 15.0 Å². The number of hydrogen-bond donors (Lipinski definition) is 1. The first kappa shape index (κ1) is 17.2. The lowest BCUT2D eigenvalue weighted by Crippen LogP contribution is -2.31. The Balaban J connectivity index is 1.36. The molecule has 1 unspecified atom stereocenters. The van der Waals surface area contributed by atoms with Gasteiger partial charge in [0.15, 0.2) is 6.10 Å². The van der Waals surface area contributed by atoms with Gasteiger partial charge in [-0.2, -0.15) is 0 Å². The molecule has 0 bridgehead atoms. The third-order valence-corrected chi connectivity index (χ3v) is 4.74. The molecule has 1 atom stereocenters. The van der Waals surface area contributed by atoms with Crippen LogP contribution in [0.2, 0.25) is 0 Å². The van der Waals surface area contributed by atoms with Crippen LogP contribution >= 0.6 is 0 Å². The quantitative estimate of drug-likeness (QED) is 0.703. The molecule has 4 rings (SSSR count). The van der Waals surface area contributed by atoms with E-state index in [4.69, 9.17) is 4.74 Å². The molecule has 1 heterocycles. The Labute approximate surface area is 156 Å². The summed E-state index contributed by atoms with van der Waals surface area (Å²) in [6, 6.07) is 13.3. The Morgan fingerprint density at radius 3 is 2.89 bits per heavy atom. The number of nitrogens with one attached hydrogen (secondary N) is 1. The van der Waals surface area contributed by atoms with Gasteiger partial charge in [0, 0.05) is 5.69 Å². The fourth-order valence-corrected chi connectivity index (χ4v) is 3.34. The molecule has 0 fully saturated rings. The van der Waals surface area contributed by atoms with E-state index in [0.29, 0.717) is 5.52 Å². The van der Waals surface area contributed by atoms with Crippen molar-refractivity contribution in [3.8, 4) is 0 Å². The minimum Gasteiger partial charge on any atom is -0.451 e. The second-order valence-corrected chi connectivity index (χ2v) is 6.69. The lowest BCUT2D eigenvalue weighted by atomic mass is 10.1. The number of aromatic nitrogens is 3. The summed E-state index contributed by atoms with van der Waals surface area (Å²) in [5.41, 5.74) is 4.78. The largest absolute Gasteiger partial charge is 0.451 e. The highest BCUT2D eigenvalue weighted by atomic mass is 16.5. The Morgan fingerprint density at radius 1 is 1.19 bits per heavy atom. The number of rotatable bonds is 5. The molecule has 2 aromatic carbocycles. The van der Waals surface area contributed by atoms with Crippen molar-refractivity contribution in [2.24, 2.45) is 0 Å². The molecule has 1 aliphatic carbocycles. The Morgan fingerprint density at radius 2 is 2.00 bits per heavy atom. The molecule has 1 aliphatic rings. The molecule has 138 valence electrons. The van der Waals surface area contributed by atoms with Gasteiger partial charge < -0.3 is 10.1 Å². The van der Waals surface area contributed by atoms with Gasteiger partial charge in [-0.05, 0) is 61.6 Å². The molecule has 7 nitrogen and oxygen atoms in total. The van der Waals surface area contributed by atoms with E-state index < -0.39 is 12.1 Å². The van der Waals surface area contributed by atoms with Gasteiger partial charge in [0.2, 0.25) is 0 Å². The van der Waals surface area contributed by atoms with Crippen LogP contribution in [-0.2, 0) is 33.7 Å². The number of ether oxygens (including phenoxy) is 1. The number of esters is 1. The summed E-state index contributed by atoms with van der Waals surface area (Å²) >= 11 is 0. The fourth-order valence-electron chi connectivity index (χ4n) is 3.34. The van der Waals surface area contributed by atoms with Crippen molar-refractivity contribution in [2.45, 2.75) is 38.8 Å². The van der Waals surface area contributed by atoms with Crippen molar-refractivity contribution in [2.75, 3.05) is 5.32 Å². The van der Waals surface area contributed by atoms with Gasteiger partial charge in [0.25, 0.3) is 5.91 Å². The normalized spacial score (nSPS) is 14.0. The van der Waals surface area contributed by atoms with Crippen molar-refractivity contribution >= 4 is 28.6 Å². The second kappa shape index (κ2) is 7.19. The first-order valence-electron chi connectivity index (χ1n) is 9.00. The lowest BCUT2D eigenvalue weighted by molar-refractivity contribution is -0.153. The van der Waals surface area contributed by atoms with E-state index in [1.807, 2.05) is 42.5 Å². The van der Waals surface area contributed by atoms with Crippen LogP contribution in [0.1, 0.15) is 24.5 Å². The number of amides is 1. The van der Waals surface area contributed by atoms with Gasteiger partial charge in [0.05, 0.1) is 5.52 Å². The molecule has 1 amide bonds. The maximum absolute atomic E-state index is 12.3. The number of carbonyl (C=O) groups excluding carboxylic acids is 2. The molecule has 0 aliphatic heterocycles. The SMILES string of the molecule is CC(OC(=O)Cn1nnc2ccccc21)C(=O)Nc1ccc2c(c1)CCC2. The van der Waals surface area contributed by atoms with Crippen LogP contribution in [0.4, 0.5) is 5.69 Å². The maximum Gasteiger partial charge on any atom is 0.328 e. The number of para-hydroxylation sites is 1.